The van der Waals surface area contributed by atoms with Gasteiger partial charge in [-0.25, -0.2) is 4.79 Å². The molecule has 0 spiro atoms. The number of aromatic carboxylic acids is 1. The fourth-order valence-electron chi connectivity index (χ4n) is 2.80. The number of rotatable bonds is 8. The highest BCUT2D eigenvalue weighted by atomic mass is 16.4. The molecule has 0 aliphatic rings. The third-order valence-corrected chi connectivity index (χ3v) is 3.98. The number of carboxylic acid groups (broad SMARTS) is 1. The van der Waals surface area contributed by atoms with Gasteiger partial charge in [0.2, 0.25) is 0 Å². The Bertz CT molecular complexity index is 668. The molecule has 0 saturated carbocycles. The van der Waals surface area contributed by atoms with Gasteiger partial charge in [-0.1, -0.05) is 42.5 Å². The van der Waals surface area contributed by atoms with E-state index >= 15 is 0 Å². The summed E-state index contributed by atoms with van der Waals surface area (Å²) in [5.41, 5.74) is 2.48. The van der Waals surface area contributed by atoms with Gasteiger partial charge in [0.1, 0.15) is 0 Å². The van der Waals surface area contributed by atoms with Gasteiger partial charge in [0, 0.05) is 24.7 Å². The van der Waals surface area contributed by atoms with Gasteiger partial charge in [-0.2, -0.15) is 0 Å². The molecular formula is C20H26N2O2. The van der Waals surface area contributed by atoms with Gasteiger partial charge in [0.05, 0.1) is 5.56 Å². The molecule has 0 bridgehead atoms. The first-order chi connectivity index (χ1) is 11.4. The molecule has 0 amide bonds. The minimum atomic E-state index is -0.893. The number of hydrogen-bond donors (Lipinski definition) is 3. The van der Waals surface area contributed by atoms with Crippen LogP contribution >= 0.6 is 0 Å². The molecule has 0 aliphatic carbocycles. The molecule has 0 fully saturated rings. The van der Waals surface area contributed by atoms with Crippen molar-refractivity contribution in [2.24, 2.45) is 0 Å². The van der Waals surface area contributed by atoms with Crippen LogP contribution in [0.4, 0.5) is 0 Å². The van der Waals surface area contributed by atoms with Crippen molar-refractivity contribution in [2.75, 3.05) is 6.54 Å². The lowest BCUT2D eigenvalue weighted by atomic mass is 10.0. The molecule has 128 valence electrons. The predicted octanol–water partition coefficient (Wildman–Crippen LogP) is 3.60. The first-order valence-electron chi connectivity index (χ1n) is 8.23. The highest BCUT2D eigenvalue weighted by molar-refractivity contribution is 5.87. The van der Waals surface area contributed by atoms with Crippen molar-refractivity contribution in [1.29, 1.82) is 0 Å². The largest absolute Gasteiger partial charge is 0.478 e. The quantitative estimate of drug-likeness (QED) is 0.693. The van der Waals surface area contributed by atoms with E-state index in [0.717, 1.165) is 12.1 Å². The second-order valence-corrected chi connectivity index (χ2v) is 6.77. The smallest absolute Gasteiger partial charge is 0.335 e. The van der Waals surface area contributed by atoms with Crippen LogP contribution in [0.15, 0.2) is 54.6 Å². The van der Waals surface area contributed by atoms with E-state index in [1.807, 2.05) is 24.3 Å². The maximum absolute atomic E-state index is 11.0. The average molecular weight is 326 g/mol. The second-order valence-electron chi connectivity index (χ2n) is 6.77. The summed E-state index contributed by atoms with van der Waals surface area (Å²) in [6.07, 6.45) is 0. The highest BCUT2D eigenvalue weighted by Gasteiger charge is 2.20. The van der Waals surface area contributed by atoms with Crippen molar-refractivity contribution in [2.45, 2.75) is 38.9 Å². The molecule has 4 nitrogen and oxygen atoms in total. The van der Waals surface area contributed by atoms with Crippen LogP contribution in [0, 0.1) is 0 Å². The molecule has 2 aromatic carbocycles. The molecule has 4 heteroatoms. The third-order valence-electron chi connectivity index (χ3n) is 3.98. The SMILES string of the molecule is CC(NC(C)(C)CNCc1cccc(C(=O)O)c1)c1ccccc1. The zero-order valence-electron chi connectivity index (χ0n) is 14.5. The van der Waals surface area contributed by atoms with Crippen molar-refractivity contribution in [3.8, 4) is 0 Å². The van der Waals surface area contributed by atoms with Crippen LogP contribution in [-0.2, 0) is 6.54 Å². The molecule has 0 aromatic heterocycles. The van der Waals surface area contributed by atoms with Gasteiger partial charge in [-0.15, -0.1) is 0 Å². The summed E-state index contributed by atoms with van der Waals surface area (Å²) < 4.78 is 0. The van der Waals surface area contributed by atoms with Crippen LogP contribution in [-0.4, -0.2) is 23.2 Å². The van der Waals surface area contributed by atoms with Crippen molar-refractivity contribution in [1.82, 2.24) is 10.6 Å². The average Bonchev–Trinajstić information content (AvgIpc) is 2.55. The van der Waals surface area contributed by atoms with Gasteiger partial charge >= 0.3 is 5.97 Å². The molecule has 1 atom stereocenters. The second kappa shape index (κ2) is 8.08. The Morgan fingerprint density at radius 3 is 2.50 bits per heavy atom. The molecule has 0 aliphatic heterocycles. The van der Waals surface area contributed by atoms with E-state index in [4.69, 9.17) is 5.11 Å². The molecule has 2 aromatic rings. The molecule has 2 rings (SSSR count). The molecule has 0 radical (unpaired) electrons. The van der Waals surface area contributed by atoms with Gasteiger partial charge in [-0.3, -0.25) is 0 Å². The Balaban J connectivity index is 1.86. The van der Waals surface area contributed by atoms with E-state index in [0.29, 0.717) is 12.1 Å². The zero-order chi connectivity index (χ0) is 17.6. The Hall–Kier alpha value is -2.17. The molecule has 3 N–H and O–H groups in total. The van der Waals surface area contributed by atoms with Gasteiger partial charge in [0.15, 0.2) is 0 Å². The first-order valence-corrected chi connectivity index (χ1v) is 8.23. The molecule has 0 heterocycles. The van der Waals surface area contributed by atoms with Gasteiger partial charge in [-0.05, 0) is 44.0 Å². The maximum atomic E-state index is 11.0. The predicted molar refractivity (Wildman–Crippen MR) is 97.2 cm³/mol. The lowest BCUT2D eigenvalue weighted by Crippen LogP contribution is -2.48. The normalized spacial score (nSPS) is 12.8. The Labute approximate surface area is 143 Å². The molecule has 1 unspecified atom stereocenters. The van der Waals surface area contributed by atoms with Crippen LogP contribution in [0.5, 0.6) is 0 Å². The number of nitrogens with one attached hydrogen (secondary N) is 2. The van der Waals surface area contributed by atoms with Crippen LogP contribution < -0.4 is 10.6 Å². The van der Waals surface area contributed by atoms with E-state index in [9.17, 15) is 4.79 Å². The number of carbonyl (C=O) groups is 1. The Morgan fingerprint density at radius 2 is 1.83 bits per heavy atom. The van der Waals surface area contributed by atoms with Crippen LogP contribution in [0.2, 0.25) is 0 Å². The summed E-state index contributed by atoms with van der Waals surface area (Å²) in [5, 5.41) is 16.1. The Morgan fingerprint density at radius 1 is 1.12 bits per heavy atom. The summed E-state index contributed by atoms with van der Waals surface area (Å²) in [6.45, 7) is 7.90. The Kier molecular flexibility index (Phi) is 6.12. The minimum absolute atomic E-state index is 0.0837. The summed E-state index contributed by atoms with van der Waals surface area (Å²) in [4.78, 5) is 11.0. The van der Waals surface area contributed by atoms with Crippen LogP contribution in [0.3, 0.4) is 0 Å². The maximum Gasteiger partial charge on any atom is 0.335 e. The van der Waals surface area contributed by atoms with Crippen molar-refractivity contribution in [3.05, 3.63) is 71.3 Å². The fraction of sp³-hybridized carbons (Fsp3) is 0.350. The van der Waals surface area contributed by atoms with E-state index in [1.54, 1.807) is 18.2 Å². The van der Waals surface area contributed by atoms with Crippen molar-refractivity contribution < 1.29 is 9.90 Å². The summed E-state index contributed by atoms with van der Waals surface area (Å²) in [5.74, 6) is -0.893. The number of carboxylic acids is 1. The van der Waals surface area contributed by atoms with Crippen molar-refractivity contribution >= 4 is 5.97 Å². The highest BCUT2D eigenvalue weighted by Crippen LogP contribution is 2.16. The van der Waals surface area contributed by atoms with E-state index in [1.165, 1.54) is 5.56 Å². The molecular weight excluding hydrogens is 300 g/mol. The molecule has 0 saturated heterocycles. The lowest BCUT2D eigenvalue weighted by molar-refractivity contribution is 0.0696. The third kappa shape index (κ3) is 5.48. The van der Waals surface area contributed by atoms with Gasteiger partial charge < -0.3 is 15.7 Å². The first kappa shape index (κ1) is 18.2. The standard InChI is InChI=1S/C20H26N2O2/c1-15(17-9-5-4-6-10-17)22-20(2,3)14-21-13-16-8-7-11-18(12-16)19(23)24/h4-12,15,21-22H,13-14H2,1-3H3,(H,23,24). The monoisotopic (exact) mass is 326 g/mol. The minimum Gasteiger partial charge on any atom is -0.478 e. The molecule has 24 heavy (non-hydrogen) atoms. The summed E-state index contributed by atoms with van der Waals surface area (Å²) in [6, 6.07) is 17.7. The fourth-order valence-corrected chi connectivity index (χ4v) is 2.80. The van der Waals surface area contributed by atoms with E-state index in [2.05, 4.69) is 43.5 Å². The summed E-state index contributed by atoms with van der Waals surface area (Å²) in [7, 11) is 0. The number of hydrogen-bond acceptors (Lipinski definition) is 3. The summed E-state index contributed by atoms with van der Waals surface area (Å²) >= 11 is 0. The van der Waals surface area contributed by atoms with Crippen LogP contribution in [0.25, 0.3) is 0 Å². The van der Waals surface area contributed by atoms with Gasteiger partial charge in [0.25, 0.3) is 0 Å². The van der Waals surface area contributed by atoms with E-state index < -0.39 is 5.97 Å². The zero-order valence-corrected chi connectivity index (χ0v) is 14.5. The number of benzene rings is 2. The lowest BCUT2D eigenvalue weighted by Gasteiger charge is -2.31. The van der Waals surface area contributed by atoms with Crippen molar-refractivity contribution in [3.63, 3.8) is 0 Å². The topological polar surface area (TPSA) is 61.4 Å². The van der Waals surface area contributed by atoms with E-state index in [-0.39, 0.29) is 11.6 Å². The van der Waals surface area contributed by atoms with Crippen LogP contribution in [0.1, 0.15) is 48.3 Å².